The summed E-state index contributed by atoms with van der Waals surface area (Å²) in [6, 6.07) is 11.2. The lowest BCUT2D eigenvalue weighted by molar-refractivity contribution is -0.168. The van der Waals surface area contributed by atoms with Crippen LogP contribution in [0.5, 0.6) is 5.75 Å². The zero-order valence-corrected chi connectivity index (χ0v) is 26.6. The first-order chi connectivity index (χ1) is 21.0. The fourth-order valence-corrected chi connectivity index (χ4v) is 7.89. The number of aryl methyl sites for hydroxylation is 1. The predicted octanol–water partition coefficient (Wildman–Crippen LogP) is 4.76. The van der Waals surface area contributed by atoms with Crippen LogP contribution in [0.3, 0.4) is 0 Å². The summed E-state index contributed by atoms with van der Waals surface area (Å²) in [5.41, 5.74) is 1.07. The molecule has 0 unspecified atom stereocenters. The highest BCUT2D eigenvalue weighted by molar-refractivity contribution is 6.30. The highest BCUT2D eigenvalue weighted by Gasteiger charge is 2.46. The van der Waals surface area contributed by atoms with Gasteiger partial charge in [-0.1, -0.05) is 35.9 Å². The fourth-order valence-electron chi connectivity index (χ4n) is 7.69. The van der Waals surface area contributed by atoms with Crippen LogP contribution in [-0.2, 0) is 31.8 Å². The Morgan fingerprint density at radius 1 is 1.18 bits per heavy atom. The van der Waals surface area contributed by atoms with Gasteiger partial charge in [0.05, 0.1) is 31.9 Å². The van der Waals surface area contributed by atoms with Gasteiger partial charge in [0.15, 0.2) is 5.60 Å². The van der Waals surface area contributed by atoms with Crippen LogP contribution in [0.15, 0.2) is 48.6 Å². The second-order valence-corrected chi connectivity index (χ2v) is 13.8. The van der Waals surface area contributed by atoms with Crippen LogP contribution in [0.4, 0.5) is 5.69 Å². The summed E-state index contributed by atoms with van der Waals surface area (Å²) >= 11 is 6.41. The summed E-state index contributed by atoms with van der Waals surface area (Å²) < 4.78 is 11.7. The van der Waals surface area contributed by atoms with E-state index >= 15 is 0 Å². The lowest BCUT2D eigenvalue weighted by Crippen LogP contribution is -2.49. The Hall–Kier alpha value is -3.07. The largest absolute Gasteiger partial charge is 0.490 e. The molecule has 0 saturated heterocycles. The molecule has 236 valence electrons. The first-order valence-electron chi connectivity index (χ1n) is 15.8. The van der Waals surface area contributed by atoms with Crippen molar-refractivity contribution in [1.29, 1.82) is 0 Å². The Kier molecular flexibility index (Phi) is 8.46. The van der Waals surface area contributed by atoms with Gasteiger partial charge in [-0.15, -0.1) is 0 Å². The molecule has 1 saturated carbocycles. The number of benzene rings is 2. The Bertz CT molecular complexity index is 1460. The molecule has 2 aliphatic carbocycles. The number of ether oxygens (including phenoxy) is 2. The minimum Gasteiger partial charge on any atom is -0.490 e. The van der Waals surface area contributed by atoms with Gasteiger partial charge in [-0.2, -0.15) is 0 Å². The molecule has 44 heavy (non-hydrogen) atoms. The monoisotopic (exact) mass is 622 g/mol. The van der Waals surface area contributed by atoms with Crippen LogP contribution in [0.25, 0.3) is 0 Å². The quantitative estimate of drug-likeness (QED) is 0.350. The van der Waals surface area contributed by atoms with E-state index in [-0.39, 0.29) is 34.8 Å². The number of aliphatic hydroxyl groups is 2. The second-order valence-electron chi connectivity index (χ2n) is 13.3. The first kappa shape index (κ1) is 30.9. The lowest BCUT2D eigenvalue weighted by Gasteiger charge is -2.45. The molecule has 1 spiro atoms. The summed E-state index contributed by atoms with van der Waals surface area (Å²) in [7, 11) is 2.89. The number of amides is 1. The number of rotatable bonds is 1. The van der Waals surface area contributed by atoms with E-state index in [9.17, 15) is 19.8 Å². The van der Waals surface area contributed by atoms with Crippen LogP contribution >= 0.6 is 11.6 Å². The number of methoxy groups -OCH3 is 1. The van der Waals surface area contributed by atoms with Gasteiger partial charge < -0.3 is 29.5 Å². The maximum Gasteiger partial charge on any atom is 0.343 e. The molecule has 2 aromatic rings. The zero-order chi connectivity index (χ0) is 31.2. The lowest BCUT2D eigenvalue weighted by atomic mass is 9.68. The molecule has 2 aliphatic heterocycles. The highest BCUT2D eigenvalue weighted by atomic mass is 35.5. The van der Waals surface area contributed by atoms with Crippen molar-refractivity contribution in [2.45, 2.75) is 75.0 Å². The van der Waals surface area contributed by atoms with Crippen molar-refractivity contribution in [3.8, 4) is 5.75 Å². The minimum atomic E-state index is -2.18. The molecule has 0 radical (unpaired) electrons. The average molecular weight is 623 g/mol. The third kappa shape index (κ3) is 5.50. The van der Waals surface area contributed by atoms with Gasteiger partial charge in [0.25, 0.3) is 0 Å². The number of carbonyl (C=O) groups is 2. The van der Waals surface area contributed by atoms with Crippen molar-refractivity contribution in [3.63, 3.8) is 0 Å². The van der Waals surface area contributed by atoms with Crippen molar-refractivity contribution in [2.24, 2.45) is 11.8 Å². The number of halogens is 1. The van der Waals surface area contributed by atoms with Crippen molar-refractivity contribution < 1.29 is 29.3 Å². The fraction of sp³-hybridized carbons (Fsp3) is 0.543. The van der Waals surface area contributed by atoms with Crippen LogP contribution in [0.1, 0.15) is 62.1 Å². The van der Waals surface area contributed by atoms with E-state index in [1.165, 1.54) is 23.1 Å². The van der Waals surface area contributed by atoms with Crippen molar-refractivity contribution >= 4 is 29.2 Å². The number of carbonyl (C=O) groups excluding carboxylic acids is 2. The Morgan fingerprint density at radius 2 is 2.00 bits per heavy atom. The molecule has 2 bridgehead atoms. The highest BCUT2D eigenvalue weighted by Crippen LogP contribution is 2.47. The number of anilines is 1. The second kappa shape index (κ2) is 12.0. The maximum absolute atomic E-state index is 13.5. The van der Waals surface area contributed by atoms with Gasteiger partial charge >= 0.3 is 5.97 Å². The summed E-state index contributed by atoms with van der Waals surface area (Å²) in [6.07, 6.45) is 8.18. The van der Waals surface area contributed by atoms with E-state index in [0.29, 0.717) is 31.9 Å². The minimum absolute atomic E-state index is 0.116. The molecule has 8 nitrogen and oxygen atoms in total. The number of esters is 1. The predicted molar refractivity (Wildman–Crippen MR) is 169 cm³/mol. The molecular formula is C35H43ClN2O6. The third-order valence-corrected chi connectivity index (χ3v) is 10.9. The molecule has 6 rings (SSSR count). The summed E-state index contributed by atoms with van der Waals surface area (Å²) in [5.74, 6) is -0.238. The first-order valence-corrected chi connectivity index (χ1v) is 16.1. The van der Waals surface area contributed by atoms with Crippen molar-refractivity contribution in [3.05, 3.63) is 70.3 Å². The molecule has 4 aliphatic rings. The third-order valence-electron chi connectivity index (χ3n) is 10.7. The van der Waals surface area contributed by atoms with E-state index in [0.717, 1.165) is 42.8 Å². The number of nitrogens with zero attached hydrogens (tertiary/aromatic N) is 2. The average Bonchev–Trinajstić information content (AvgIpc) is 3.14. The van der Waals surface area contributed by atoms with Crippen LogP contribution in [-0.4, -0.2) is 73.0 Å². The van der Waals surface area contributed by atoms with Crippen LogP contribution in [0, 0.1) is 11.8 Å². The zero-order valence-electron chi connectivity index (χ0n) is 25.8. The molecule has 2 aromatic carbocycles. The van der Waals surface area contributed by atoms with Gasteiger partial charge in [0.1, 0.15) is 5.75 Å². The maximum atomic E-state index is 13.5. The Morgan fingerprint density at radius 3 is 2.75 bits per heavy atom. The van der Waals surface area contributed by atoms with E-state index < -0.39 is 24.1 Å². The van der Waals surface area contributed by atoms with Gasteiger partial charge in [-0.25, -0.2) is 4.79 Å². The van der Waals surface area contributed by atoms with E-state index in [1.54, 1.807) is 25.2 Å². The summed E-state index contributed by atoms with van der Waals surface area (Å²) in [5, 5.41) is 23.8. The molecule has 1 amide bonds. The van der Waals surface area contributed by atoms with Crippen LogP contribution in [0.2, 0.25) is 5.02 Å². The van der Waals surface area contributed by atoms with Gasteiger partial charge in [0, 0.05) is 36.6 Å². The SMILES string of the molecule is COC(=O)[C@@]1(O)CC(=O)N(C)[C@H](C)CC=C[C@H](O)[C@@H]2CC[C@H]2CN2C[C@@]3(CCCc4cc(Cl)ccc43)COc3ccc1cc32. The molecule has 6 atom stereocenters. The van der Waals surface area contributed by atoms with Crippen molar-refractivity contribution in [2.75, 3.05) is 38.8 Å². The Labute approximate surface area is 264 Å². The van der Waals surface area contributed by atoms with Gasteiger partial charge in [-0.05, 0) is 98.2 Å². The van der Waals surface area contributed by atoms with E-state index in [1.807, 2.05) is 25.1 Å². The van der Waals surface area contributed by atoms with Crippen LogP contribution < -0.4 is 9.64 Å². The van der Waals surface area contributed by atoms with Crippen molar-refractivity contribution in [1.82, 2.24) is 4.90 Å². The van der Waals surface area contributed by atoms with Gasteiger partial charge in [-0.3, -0.25) is 4.79 Å². The smallest absolute Gasteiger partial charge is 0.343 e. The number of hydrogen-bond donors (Lipinski definition) is 2. The summed E-state index contributed by atoms with van der Waals surface area (Å²) in [6.45, 7) is 3.75. The number of hydrogen-bond acceptors (Lipinski definition) is 7. The van der Waals surface area contributed by atoms with E-state index in [4.69, 9.17) is 21.1 Å². The summed E-state index contributed by atoms with van der Waals surface area (Å²) in [4.78, 5) is 30.5. The van der Waals surface area contributed by atoms with E-state index in [2.05, 4.69) is 17.0 Å². The molecule has 2 N–H and O–H groups in total. The normalized spacial score (nSPS) is 32.2. The molecular weight excluding hydrogens is 580 g/mol. The van der Waals surface area contributed by atoms with Gasteiger partial charge in [0.2, 0.25) is 5.91 Å². The number of aliphatic hydroxyl groups excluding tert-OH is 1. The molecule has 2 heterocycles. The topological polar surface area (TPSA) is 99.5 Å². The molecule has 9 heteroatoms. The molecule has 0 aromatic heterocycles. The molecule has 1 fully saturated rings. The number of fused-ring (bicyclic) bond motifs is 4. The Balaban J connectivity index is 1.47. The standard InChI is InChI=1S/C35H43ClN2O6/c1-22-6-4-8-30(39)27-12-9-24(27)19-38-20-34(15-5-7-23-16-26(36)11-13-28(23)34)21-44-31-14-10-25(17-29(31)38)35(42,33(41)43-3)18-32(40)37(22)2/h4,8,10-11,13-14,16-17,22,24,27,30,39,42H,5-7,9,12,15,18-21H2,1-3H3/t22-,24+,27-,30+,34+,35-/m1/s1.